The molecule has 1 aliphatic heterocycles. The van der Waals surface area contributed by atoms with Gasteiger partial charge in [0.15, 0.2) is 5.75 Å². The summed E-state index contributed by atoms with van der Waals surface area (Å²) in [6, 6.07) is 13.3. The van der Waals surface area contributed by atoms with E-state index in [1.807, 2.05) is 30.3 Å². The molecule has 2 aromatic rings. The summed E-state index contributed by atoms with van der Waals surface area (Å²) in [4.78, 5) is 36.1. The van der Waals surface area contributed by atoms with Crippen LogP contribution >= 0.6 is 11.8 Å². The summed E-state index contributed by atoms with van der Waals surface area (Å²) in [7, 11) is 0. The number of phenols is 1. The molecule has 1 heterocycles. The third kappa shape index (κ3) is 3.75. The first-order chi connectivity index (χ1) is 12.5. The van der Waals surface area contributed by atoms with Crippen molar-refractivity contribution in [1.82, 2.24) is 4.90 Å². The Labute approximate surface area is 153 Å². The number of thioether (sulfide) groups is 1. The zero-order chi connectivity index (χ0) is 18.7. The largest absolute Gasteiger partial charge is 0.502 e. The molecular weight excluding hydrogens is 356 g/mol. The van der Waals surface area contributed by atoms with Crippen LogP contribution in [0.25, 0.3) is 6.08 Å². The van der Waals surface area contributed by atoms with Gasteiger partial charge in [-0.3, -0.25) is 24.6 Å². The number of carbonyl (C=O) groups is 2. The highest BCUT2D eigenvalue weighted by atomic mass is 32.2. The quantitative estimate of drug-likeness (QED) is 0.490. The minimum atomic E-state index is -0.710. The molecule has 0 aliphatic carbocycles. The first-order valence-electron chi connectivity index (χ1n) is 7.72. The summed E-state index contributed by atoms with van der Waals surface area (Å²) >= 11 is 0.796. The molecule has 1 saturated heterocycles. The smallest absolute Gasteiger partial charge is 0.311 e. The molecule has 132 valence electrons. The number of aromatic hydroxyl groups is 1. The highest BCUT2D eigenvalue weighted by molar-refractivity contribution is 8.18. The topological polar surface area (TPSA) is 101 Å². The van der Waals surface area contributed by atoms with Crippen molar-refractivity contribution in [1.29, 1.82) is 0 Å². The molecule has 1 N–H and O–H groups in total. The maximum absolute atomic E-state index is 12.5. The van der Waals surface area contributed by atoms with E-state index in [1.54, 1.807) is 0 Å². The van der Waals surface area contributed by atoms with Gasteiger partial charge in [-0.15, -0.1) is 0 Å². The molecule has 8 heteroatoms. The van der Waals surface area contributed by atoms with E-state index in [-0.39, 0.29) is 16.7 Å². The fourth-order valence-electron chi connectivity index (χ4n) is 2.51. The van der Waals surface area contributed by atoms with Crippen molar-refractivity contribution in [3.05, 3.63) is 74.7 Å². The van der Waals surface area contributed by atoms with Gasteiger partial charge in [-0.25, -0.2) is 0 Å². The Morgan fingerprint density at radius 3 is 2.58 bits per heavy atom. The third-order valence-corrected chi connectivity index (χ3v) is 4.74. The van der Waals surface area contributed by atoms with Crippen LogP contribution in [0.4, 0.5) is 10.5 Å². The second kappa shape index (κ2) is 7.40. The average Bonchev–Trinajstić information content (AvgIpc) is 2.89. The summed E-state index contributed by atoms with van der Waals surface area (Å²) < 4.78 is 0. The molecule has 0 saturated carbocycles. The van der Waals surface area contributed by atoms with E-state index in [2.05, 4.69) is 0 Å². The van der Waals surface area contributed by atoms with Crippen LogP contribution in [0, 0.1) is 10.1 Å². The van der Waals surface area contributed by atoms with Gasteiger partial charge in [0.05, 0.1) is 9.83 Å². The number of phenolic OH excluding ortho intramolecular Hbond substituents is 1. The van der Waals surface area contributed by atoms with Crippen LogP contribution in [-0.4, -0.2) is 32.6 Å². The van der Waals surface area contributed by atoms with Gasteiger partial charge in [-0.05, 0) is 41.5 Å². The van der Waals surface area contributed by atoms with Crippen molar-refractivity contribution in [3.8, 4) is 5.75 Å². The number of hydrogen-bond acceptors (Lipinski definition) is 6. The van der Waals surface area contributed by atoms with E-state index in [0.717, 1.165) is 23.4 Å². The molecule has 0 unspecified atom stereocenters. The lowest BCUT2D eigenvalue weighted by molar-refractivity contribution is -0.385. The normalized spacial score (nSPS) is 15.7. The van der Waals surface area contributed by atoms with Gasteiger partial charge >= 0.3 is 5.69 Å². The summed E-state index contributed by atoms with van der Waals surface area (Å²) in [6.45, 7) is 0.266. The van der Waals surface area contributed by atoms with Gasteiger partial charge in [0.1, 0.15) is 0 Å². The molecule has 1 aliphatic rings. The number of carbonyl (C=O) groups excluding carboxylic acids is 2. The number of benzene rings is 2. The molecule has 26 heavy (non-hydrogen) atoms. The molecule has 3 rings (SSSR count). The zero-order valence-corrected chi connectivity index (χ0v) is 14.3. The fourth-order valence-corrected chi connectivity index (χ4v) is 3.37. The van der Waals surface area contributed by atoms with Gasteiger partial charge in [-0.1, -0.05) is 36.4 Å². The first kappa shape index (κ1) is 17.7. The fraction of sp³-hybridized carbons (Fsp3) is 0.111. The molecule has 0 bridgehead atoms. The number of amides is 2. The summed E-state index contributed by atoms with van der Waals surface area (Å²) in [5, 5.41) is 20.0. The van der Waals surface area contributed by atoms with Gasteiger partial charge in [0.25, 0.3) is 11.1 Å². The number of nitrogens with zero attached hydrogens (tertiary/aromatic N) is 2. The lowest BCUT2D eigenvalue weighted by Crippen LogP contribution is -2.30. The highest BCUT2D eigenvalue weighted by Crippen LogP contribution is 2.34. The summed E-state index contributed by atoms with van der Waals surface area (Å²) in [5.74, 6) is -0.880. The summed E-state index contributed by atoms with van der Waals surface area (Å²) in [5.41, 5.74) is 0.926. The zero-order valence-electron chi connectivity index (χ0n) is 13.5. The second-order valence-electron chi connectivity index (χ2n) is 5.57. The van der Waals surface area contributed by atoms with Crippen molar-refractivity contribution in [2.24, 2.45) is 0 Å². The molecule has 0 aromatic heterocycles. The molecule has 0 radical (unpaired) electrons. The second-order valence-corrected chi connectivity index (χ2v) is 6.57. The predicted octanol–water partition coefficient (Wildman–Crippen LogP) is 3.58. The van der Waals surface area contributed by atoms with Crippen LogP contribution in [0.3, 0.4) is 0 Å². The van der Waals surface area contributed by atoms with Gasteiger partial charge in [0.2, 0.25) is 0 Å². The average molecular weight is 370 g/mol. The van der Waals surface area contributed by atoms with Gasteiger partial charge < -0.3 is 5.11 Å². The highest BCUT2D eigenvalue weighted by Gasteiger charge is 2.34. The number of nitro groups is 1. The van der Waals surface area contributed by atoms with E-state index in [0.29, 0.717) is 12.0 Å². The lowest BCUT2D eigenvalue weighted by atomic mass is 10.1. The van der Waals surface area contributed by atoms with Crippen molar-refractivity contribution in [2.75, 3.05) is 6.54 Å². The minimum absolute atomic E-state index is 0.197. The number of nitro benzene ring substituents is 1. The van der Waals surface area contributed by atoms with E-state index < -0.39 is 22.3 Å². The van der Waals surface area contributed by atoms with Crippen LogP contribution in [-0.2, 0) is 11.2 Å². The Morgan fingerprint density at radius 2 is 1.88 bits per heavy atom. The van der Waals surface area contributed by atoms with Crippen molar-refractivity contribution in [3.63, 3.8) is 0 Å². The van der Waals surface area contributed by atoms with Crippen LogP contribution in [0.15, 0.2) is 53.4 Å². The molecule has 1 fully saturated rings. The van der Waals surface area contributed by atoms with E-state index >= 15 is 0 Å². The van der Waals surface area contributed by atoms with Gasteiger partial charge in [0, 0.05) is 12.6 Å². The SMILES string of the molecule is O=C1S/C(=C\c2ccc(O)c([N+](=O)[O-])c2)C(=O)N1CCc1ccccc1. The van der Waals surface area contributed by atoms with E-state index in [1.165, 1.54) is 23.1 Å². The number of rotatable bonds is 5. The number of hydrogen-bond donors (Lipinski definition) is 1. The third-order valence-electron chi connectivity index (χ3n) is 3.83. The van der Waals surface area contributed by atoms with Crippen LogP contribution in [0.1, 0.15) is 11.1 Å². The van der Waals surface area contributed by atoms with Crippen LogP contribution < -0.4 is 0 Å². The van der Waals surface area contributed by atoms with E-state index in [9.17, 15) is 24.8 Å². The molecule has 2 aromatic carbocycles. The van der Waals surface area contributed by atoms with Crippen molar-refractivity contribution >= 4 is 34.7 Å². The van der Waals surface area contributed by atoms with Crippen molar-refractivity contribution in [2.45, 2.75) is 6.42 Å². The van der Waals surface area contributed by atoms with Crippen LogP contribution in [0.2, 0.25) is 0 Å². The maximum atomic E-state index is 12.5. The van der Waals surface area contributed by atoms with Gasteiger partial charge in [-0.2, -0.15) is 0 Å². The Bertz CT molecular complexity index is 911. The maximum Gasteiger partial charge on any atom is 0.311 e. The Morgan fingerprint density at radius 1 is 1.15 bits per heavy atom. The molecule has 7 nitrogen and oxygen atoms in total. The minimum Gasteiger partial charge on any atom is -0.502 e. The first-order valence-corrected chi connectivity index (χ1v) is 8.54. The Kier molecular flexibility index (Phi) is 5.04. The molecule has 0 spiro atoms. The standard InChI is InChI=1S/C18H14N2O5S/c21-15-7-6-13(10-14(15)20(24)25)11-16-17(22)19(18(23)26-16)9-8-12-4-2-1-3-5-12/h1-7,10-11,21H,8-9H2/b16-11-. The Hall–Kier alpha value is -3.13. The van der Waals surface area contributed by atoms with E-state index in [4.69, 9.17) is 0 Å². The molecule has 2 amide bonds. The Balaban J connectivity index is 1.77. The summed E-state index contributed by atoms with van der Waals surface area (Å²) in [6.07, 6.45) is 1.97. The number of imide groups is 1. The molecular formula is C18H14N2O5S. The molecule has 0 atom stereocenters. The van der Waals surface area contributed by atoms with Crippen molar-refractivity contribution < 1.29 is 19.6 Å². The predicted molar refractivity (Wildman–Crippen MR) is 97.6 cm³/mol. The lowest BCUT2D eigenvalue weighted by Gasteiger charge is -2.12. The van der Waals surface area contributed by atoms with Crippen LogP contribution in [0.5, 0.6) is 5.75 Å². The monoisotopic (exact) mass is 370 g/mol.